The molecule has 1 fully saturated rings. The maximum atomic E-state index is 10.3. The van der Waals surface area contributed by atoms with E-state index in [0.717, 1.165) is 25.7 Å². The Kier molecular flexibility index (Phi) is 2.80. The van der Waals surface area contributed by atoms with Crippen LogP contribution in [0.3, 0.4) is 0 Å². The van der Waals surface area contributed by atoms with Gasteiger partial charge in [0.1, 0.15) is 17.5 Å². The summed E-state index contributed by atoms with van der Waals surface area (Å²) in [7, 11) is 3.57. The smallest absolute Gasteiger partial charge is 0.141 e. The summed E-state index contributed by atoms with van der Waals surface area (Å²) in [4.78, 5) is 4.19. The van der Waals surface area contributed by atoms with Gasteiger partial charge in [0.25, 0.3) is 0 Å². The summed E-state index contributed by atoms with van der Waals surface area (Å²) in [6.45, 7) is 0. The molecule has 1 saturated carbocycles. The molecule has 0 aliphatic heterocycles. The summed E-state index contributed by atoms with van der Waals surface area (Å²) in [5.74, 6) is 0.693. The SMILES string of the molecule is COC1(C(O)c2nccn2C)CCCC1. The van der Waals surface area contributed by atoms with E-state index in [1.165, 1.54) is 0 Å². The number of imidazole rings is 1. The summed E-state index contributed by atoms with van der Waals surface area (Å²) in [5, 5.41) is 10.3. The number of hydrogen-bond donors (Lipinski definition) is 1. The van der Waals surface area contributed by atoms with E-state index in [-0.39, 0.29) is 0 Å². The molecule has 0 saturated heterocycles. The van der Waals surface area contributed by atoms with Crippen molar-refractivity contribution in [1.82, 2.24) is 9.55 Å². The Morgan fingerprint density at radius 1 is 1.53 bits per heavy atom. The summed E-state index contributed by atoms with van der Waals surface area (Å²) in [6, 6.07) is 0. The van der Waals surface area contributed by atoms with Crippen LogP contribution >= 0.6 is 0 Å². The van der Waals surface area contributed by atoms with Crippen LogP contribution < -0.4 is 0 Å². The van der Waals surface area contributed by atoms with Crippen molar-refractivity contribution in [3.8, 4) is 0 Å². The van der Waals surface area contributed by atoms with E-state index >= 15 is 0 Å². The lowest BCUT2D eigenvalue weighted by atomic mass is 9.94. The Hall–Kier alpha value is -0.870. The monoisotopic (exact) mass is 210 g/mol. The highest BCUT2D eigenvalue weighted by molar-refractivity contribution is 5.05. The van der Waals surface area contributed by atoms with Crippen molar-refractivity contribution in [2.24, 2.45) is 7.05 Å². The molecule has 1 aromatic heterocycles. The molecule has 1 unspecified atom stereocenters. The molecule has 0 aromatic carbocycles. The summed E-state index contributed by atoms with van der Waals surface area (Å²) < 4.78 is 7.39. The van der Waals surface area contributed by atoms with Gasteiger partial charge in [0.15, 0.2) is 0 Å². The second kappa shape index (κ2) is 3.94. The lowest BCUT2D eigenvalue weighted by Gasteiger charge is -2.32. The van der Waals surface area contributed by atoms with Crippen LogP contribution in [0.15, 0.2) is 12.4 Å². The van der Waals surface area contributed by atoms with Gasteiger partial charge < -0.3 is 14.4 Å². The van der Waals surface area contributed by atoms with Crippen molar-refractivity contribution < 1.29 is 9.84 Å². The van der Waals surface area contributed by atoms with E-state index in [2.05, 4.69) is 4.98 Å². The lowest BCUT2D eigenvalue weighted by molar-refractivity contribution is -0.104. The molecule has 84 valence electrons. The van der Waals surface area contributed by atoms with Gasteiger partial charge in [0, 0.05) is 26.6 Å². The summed E-state index contributed by atoms with van der Waals surface area (Å²) >= 11 is 0. The maximum Gasteiger partial charge on any atom is 0.141 e. The van der Waals surface area contributed by atoms with Gasteiger partial charge in [-0.05, 0) is 12.8 Å². The molecule has 4 heteroatoms. The van der Waals surface area contributed by atoms with Gasteiger partial charge in [-0.15, -0.1) is 0 Å². The zero-order chi connectivity index (χ0) is 10.9. The Bertz CT molecular complexity index is 329. The van der Waals surface area contributed by atoms with Gasteiger partial charge in [-0.1, -0.05) is 12.8 Å². The fraction of sp³-hybridized carbons (Fsp3) is 0.727. The Balaban J connectivity index is 2.26. The number of hydrogen-bond acceptors (Lipinski definition) is 3. The van der Waals surface area contributed by atoms with E-state index in [9.17, 15) is 5.11 Å². The number of rotatable bonds is 3. The molecule has 1 aromatic rings. The first kappa shape index (κ1) is 10.6. The predicted octanol–water partition coefficient (Wildman–Crippen LogP) is 1.41. The first-order valence-electron chi connectivity index (χ1n) is 5.40. The van der Waals surface area contributed by atoms with Gasteiger partial charge in [-0.25, -0.2) is 4.98 Å². The molecule has 1 heterocycles. The van der Waals surface area contributed by atoms with Gasteiger partial charge >= 0.3 is 0 Å². The van der Waals surface area contributed by atoms with Crippen molar-refractivity contribution >= 4 is 0 Å². The zero-order valence-corrected chi connectivity index (χ0v) is 9.31. The highest BCUT2D eigenvalue weighted by atomic mass is 16.5. The fourth-order valence-corrected chi connectivity index (χ4v) is 2.44. The van der Waals surface area contributed by atoms with E-state index in [1.807, 2.05) is 17.8 Å². The number of methoxy groups -OCH3 is 1. The molecule has 0 radical (unpaired) electrons. The molecule has 15 heavy (non-hydrogen) atoms. The number of aromatic nitrogens is 2. The molecular formula is C11H18N2O2. The minimum Gasteiger partial charge on any atom is -0.382 e. The fourth-order valence-electron chi connectivity index (χ4n) is 2.44. The summed E-state index contributed by atoms with van der Waals surface area (Å²) in [6.07, 6.45) is 7.00. The van der Waals surface area contributed by atoms with Crippen molar-refractivity contribution in [2.75, 3.05) is 7.11 Å². The molecule has 4 nitrogen and oxygen atoms in total. The van der Waals surface area contributed by atoms with Crippen LogP contribution in [0, 0.1) is 0 Å². The van der Waals surface area contributed by atoms with E-state index < -0.39 is 11.7 Å². The van der Waals surface area contributed by atoms with Crippen molar-refractivity contribution in [2.45, 2.75) is 37.4 Å². The maximum absolute atomic E-state index is 10.3. The molecule has 2 rings (SSSR count). The van der Waals surface area contributed by atoms with Gasteiger partial charge in [0.05, 0.1) is 0 Å². The standard InChI is InChI=1S/C11H18N2O2/c1-13-8-7-12-10(13)9(14)11(15-2)5-3-4-6-11/h7-9,14H,3-6H2,1-2H3. The topological polar surface area (TPSA) is 47.3 Å². The first-order chi connectivity index (χ1) is 7.19. The minimum absolute atomic E-state index is 0.418. The zero-order valence-electron chi connectivity index (χ0n) is 9.31. The third-order valence-corrected chi connectivity index (χ3v) is 3.46. The van der Waals surface area contributed by atoms with Gasteiger partial charge in [-0.3, -0.25) is 0 Å². The second-order valence-corrected chi connectivity index (χ2v) is 4.27. The van der Waals surface area contributed by atoms with Crippen LogP contribution in [0.5, 0.6) is 0 Å². The molecular weight excluding hydrogens is 192 g/mol. The minimum atomic E-state index is -0.620. The highest BCUT2D eigenvalue weighted by Gasteiger charge is 2.43. The lowest BCUT2D eigenvalue weighted by Crippen LogP contribution is -2.36. The van der Waals surface area contributed by atoms with Crippen LogP contribution in [0.2, 0.25) is 0 Å². The Morgan fingerprint density at radius 3 is 2.67 bits per heavy atom. The van der Waals surface area contributed by atoms with E-state index in [4.69, 9.17) is 4.74 Å². The van der Waals surface area contributed by atoms with E-state index in [0.29, 0.717) is 5.82 Å². The van der Waals surface area contributed by atoms with Crippen molar-refractivity contribution in [3.05, 3.63) is 18.2 Å². The number of nitrogens with zero attached hydrogens (tertiary/aromatic N) is 2. The average Bonchev–Trinajstić information content (AvgIpc) is 2.86. The van der Waals surface area contributed by atoms with Crippen LogP contribution in [0.1, 0.15) is 37.6 Å². The normalized spacial score (nSPS) is 21.8. The number of aliphatic hydroxyl groups excluding tert-OH is 1. The third kappa shape index (κ3) is 1.68. The van der Waals surface area contributed by atoms with Crippen LogP contribution in [0.4, 0.5) is 0 Å². The summed E-state index contributed by atoms with van der Waals surface area (Å²) in [5.41, 5.74) is -0.418. The Labute approximate surface area is 89.9 Å². The molecule has 0 bridgehead atoms. The van der Waals surface area contributed by atoms with Crippen molar-refractivity contribution in [1.29, 1.82) is 0 Å². The molecule has 0 amide bonds. The van der Waals surface area contributed by atoms with Crippen LogP contribution in [0.25, 0.3) is 0 Å². The molecule has 1 aliphatic rings. The second-order valence-electron chi connectivity index (χ2n) is 4.27. The van der Waals surface area contributed by atoms with Crippen molar-refractivity contribution in [3.63, 3.8) is 0 Å². The highest BCUT2D eigenvalue weighted by Crippen LogP contribution is 2.41. The number of aryl methyl sites for hydroxylation is 1. The van der Waals surface area contributed by atoms with Crippen LogP contribution in [-0.4, -0.2) is 27.4 Å². The number of aliphatic hydroxyl groups is 1. The molecule has 1 N–H and O–H groups in total. The first-order valence-corrected chi connectivity index (χ1v) is 5.40. The van der Waals surface area contributed by atoms with Gasteiger partial charge in [0.2, 0.25) is 0 Å². The molecule has 1 atom stereocenters. The predicted molar refractivity (Wildman–Crippen MR) is 56.4 cm³/mol. The molecule has 1 aliphatic carbocycles. The quantitative estimate of drug-likeness (QED) is 0.820. The average molecular weight is 210 g/mol. The van der Waals surface area contributed by atoms with Crippen LogP contribution in [-0.2, 0) is 11.8 Å². The molecule has 0 spiro atoms. The van der Waals surface area contributed by atoms with Gasteiger partial charge in [-0.2, -0.15) is 0 Å². The third-order valence-electron chi connectivity index (χ3n) is 3.46. The number of ether oxygens (including phenoxy) is 1. The van der Waals surface area contributed by atoms with E-state index in [1.54, 1.807) is 13.3 Å². The largest absolute Gasteiger partial charge is 0.382 e. The Morgan fingerprint density at radius 2 is 2.20 bits per heavy atom.